The molecule has 0 radical (unpaired) electrons. The van der Waals surface area contributed by atoms with E-state index in [0.717, 1.165) is 12.4 Å². The zero-order chi connectivity index (χ0) is 6.69. The van der Waals surface area contributed by atoms with Crippen LogP contribution in [0, 0.1) is 6.92 Å². The molecular weight excluding hydrogens is 118 g/mol. The fraction of sp³-hybridized carbons (Fsp3) is 0.750. The van der Waals surface area contributed by atoms with E-state index in [9.17, 15) is 0 Å². The van der Waals surface area contributed by atoms with Gasteiger partial charge in [-0.2, -0.15) is 0 Å². The van der Waals surface area contributed by atoms with Crippen molar-refractivity contribution in [2.75, 3.05) is 12.0 Å². The second kappa shape index (κ2) is 2.43. The first-order valence-corrected chi connectivity index (χ1v) is 2.83. The van der Waals surface area contributed by atoms with Gasteiger partial charge in [0.1, 0.15) is 0 Å². The maximum atomic E-state index is 3.67. The van der Waals surface area contributed by atoms with Gasteiger partial charge in [0.15, 0.2) is 5.82 Å². The zero-order valence-corrected chi connectivity index (χ0v) is 5.50. The van der Waals surface area contributed by atoms with Crippen molar-refractivity contribution in [3.63, 3.8) is 0 Å². The zero-order valence-electron chi connectivity index (χ0n) is 5.50. The fourth-order valence-electron chi connectivity index (χ4n) is 0.528. The molecule has 1 aromatic heterocycles. The van der Waals surface area contributed by atoms with Crippen LogP contribution in [0.5, 0.6) is 0 Å². The number of tetrazole rings is 1. The molecule has 1 heterocycles. The van der Waals surface area contributed by atoms with Gasteiger partial charge in [-0.1, -0.05) is 0 Å². The third-order valence-electron chi connectivity index (χ3n) is 0.933. The lowest BCUT2D eigenvalue weighted by Crippen LogP contribution is -2.16. The largest absolute Gasteiger partial charge is 0.307 e. The Morgan fingerprint density at radius 3 is 2.89 bits per heavy atom. The average molecular weight is 127 g/mol. The minimum absolute atomic E-state index is 0.775. The molecule has 0 aliphatic heterocycles. The molecule has 1 aromatic rings. The summed E-state index contributed by atoms with van der Waals surface area (Å²) in [5.41, 5.74) is 2.94. The molecule has 0 aromatic carbocycles. The van der Waals surface area contributed by atoms with Crippen LogP contribution in [0.4, 0.5) is 0 Å². The summed E-state index contributed by atoms with van der Waals surface area (Å²) in [6.07, 6.45) is 0. The quantitative estimate of drug-likeness (QED) is 0.584. The summed E-state index contributed by atoms with van der Waals surface area (Å²) in [6.45, 7) is 4.65. The molecule has 0 aliphatic rings. The molecule has 1 N–H and O–H groups in total. The summed E-state index contributed by atoms with van der Waals surface area (Å²) in [7, 11) is 0. The van der Waals surface area contributed by atoms with Crippen LogP contribution in [0.15, 0.2) is 0 Å². The van der Waals surface area contributed by atoms with Crippen LogP contribution >= 0.6 is 0 Å². The smallest absolute Gasteiger partial charge is 0.171 e. The topological polar surface area (TPSA) is 55.6 Å². The first-order valence-electron chi connectivity index (χ1n) is 2.83. The molecule has 0 atom stereocenters. The minimum Gasteiger partial charge on any atom is -0.307 e. The van der Waals surface area contributed by atoms with Gasteiger partial charge in [0.2, 0.25) is 0 Å². The number of aromatic nitrogens is 4. The Morgan fingerprint density at radius 1 is 1.67 bits per heavy atom. The third kappa shape index (κ3) is 1.16. The molecule has 0 spiro atoms. The number of hydrogen-bond acceptors (Lipinski definition) is 4. The first kappa shape index (κ1) is 6.00. The van der Waals surface area contributed by atoms with Crippen molar-refractivity contribution in [3.8, 4) is 0 Å². The number of hydrogen-bond donors (Lipinski definition) is 1. The van der Waals surface area contributed by atoms with Gasteiger partial charge in [0.05, 0.1) is 0 Å². The fourth-order valence-corrected chi connectivity index (χ4v) is 0.528. The highest BCUT2D eigenvalue weighted by Crippen LogP contribution is 1.80. The molecule has 1 rings (SSSR count). The van der Waals surface area contributed by atoms with Gasteiger partial charge in [0.25, 0.3) is 0 Å². The summed E-state index contributed by atoms with van der Waals surface area (Å²) in [6, 6.07) is 0. The highest BCUT2D eigenvalue weighted by molar-refractivity contribution is 4.77. The van der Waals surface area contributed by atoms with Crippen molar-refractivity contribution in [2.24, 2.45) is 0 Å². The van der Waals surface area contributed by atoms with Gasteiger partial charge >= 0.3 is 0 Å². The average Bonchev–Trinajstić information content (AvgIpc) is 2.18. The van der Waals surface area contributed by atoms with Crippen LogP contribution in [0.2, 0.25) is 0 Å². The van der Waals surface area contributed by atoms with Gasteiger partial charge in [0, 0.05) is 6.54 Å². The van der Waals surface area contributed by atoms with E-state index >= 15 is 0 Å². The number of rotatable bonds is 2. The first-order chi connectivity index (χ1) is 4.34. The minimum atomic E-state index is 0.775. The third-order valence-corrected chi connectivity index (χ3v) is 0.933. The van der Waals surface area contributed by atoms with Gasteiger partial charge in [-0.05, 0) is 24.3 Å². The van der Waals surface area contributed by atoms with Crippen LogP contribution < -0.4 is 5.43 Å². The van der Waals surface area contributed by atoms with Crippen LogP contribution in [-0.4, -0.2) is 26.9 Å². The summed E-state index contributed by atoms with van der Waals surface area (Å²) >= 11 is 0. The summed E-state index contributed by atoms with van der Waals surface area (Å²) in [5.74, 6) is 0.775. The van der Waals surface area contributed by atoms with Gasteiger partial charge < -0.3 is 5.43 Å². The number of nitrogens with zero attached hydrogens (tertiary/aromatic N) is 4. The SMILES string of the molecule is CCNn1nnnc1C. The van der Waals surface area contributed by atoms with E-state index in [2.05, 4.69) is 21.0 Å². The second-order valence-electron chi connectivity index (χ2n) is 1.65. The van der Waals surface area contributed by atoms with Crippen molar-refractivity contribution >= 4 is 0 Å². The molecule has 0 unspecified atom stereocenters. The maximum Gasteiger partial charge on any atom is 0.171 e. The van der Waals surface area contributed by atoms with Crippen molar-refractivity contribution in [1.82, 2.24) is 20.3 Å². The molecule has 0 saturated heterocycles. The van der Waals surface area contributed by atoms with Crippen LogP contribution in [-0.2, 0) is 0 Å². The van der Waals surface area contributed by atoms with Gasteiger partial charge in [-0.3, -0.25) is 0 Å². The van der Waals surface area contributed by atoms with Crippen molar-refractivity contribution in [2.45, 2.75) is 13.8 Å². The molecule has 0 bridgehead atoms. The molecule has 0 amide bonds. The maximum absolute atomic E-state index is 3.67. The Bertz CT molecular complexity index is 181. The lowest BCUT2D eigenvalue weighted by molar-refractivity contribution is 0.685. The van der Waals surface area contributed by atoms with Crippen LogP contribution in [0.3, 0.4) is 0 Å². The van der Waals surface area contributed by atoms with Crippen molar-refractivity contribution < 1.29 is 0 Å². The Hall–Kier alpha value is -1.13. The monoisotopic (exact) mass is 127 g/mol. The second-order valence-corrected chi connectivity index (χ2v) is 1.65. The predicted molar refractivity (Wildman–Crippen MR) is 32.5 cm³/mol. The Kier molecular flexibility index (Phi) is 1.62. The summed E-state index contributed by atoms with van der Waals surface area (Å²) in [5, 5.41) is 10.8. The highest BCUT2D eigenvalue weighted by Gasteiger charge is 1.93. The molecule has 9 heavy (non-hydrogen) atoms. The molecule has 0 fully saturated rings. The number of nitrogens with one attached hydrogen (secondary N) is 1. The summed E-state index contributed by atoms with van der Waals surface area (Å²) < 4.78 is 0. The lowest BCUT2D eigenvalue weighted by Gasteiger charge is -1.99. The normalized spacial score (nSPS) is 9.56. The van der Waals surface area contributed by atoms with E-state index in [1.807, 2.05) is 13.8 Å². The van der Waals surface area contributed by atoms with E-state index in [4.69, 9.17) is 0 Å². The van der Waals surface area contributed by atoms with E-state index in [0.29, 0.717) is 0 Å². The van der Waals surface area contributed by atoms with E-state index < -0.39 is 0 Å². The molecule has 5 nitrogen and oxygen atoms in total. The van der Waals surface area contributed by atoms with Crippen LogP contribution in [0.1, 0.15) is 12.7 Å². The van der Waals surface area contributed by atoms with E-state index in [1.165, 1.54) is 0 Å². The Labute approximate surface area is 53.0 Å². The molecule has 5 heteroatoms. The van der Waals surface area contributed by atoms with Crippen molar-refractivity contribution in [1.29, 1.82) is 0 Å². The van der Waals surface area contributed by atoms with Gasteiger partial charge in [-0.25, -0.2) is 0 Å². The van der Waals surface area contributed by atoms with E-state index in [1.54, 1.807) is 4.79 Å². The molecule has 0 aliphatic carbocycles. The molecule has 0 saturated carbocycles. The molecular formula is C4H9N5. The standard InChI is InChI=1S/C4H9N5/c1-3-5-9-4(2)6-7-8-9/h5H,3H2,1-2H3. The van der Waals surface area contributed by atoms with Crippen molar-refractivity contribution in [3.05, 3.63) is 5.82 Å². The molecule has 50 valence electrons. The van der Waals surface area contributed by atoms with Crippen LogP contribution in [0.25, 0.3) is 0 Å². The highest BCUT2D eigenvalue weighted by atomic mass is 15.7. The van der Waals surface area contributed by atoms with E-state index in [-0.39, 0.29) is 0 Å². The summed E-state index contributed by atoms with van der Waals surface area (Å²) in [4.78, 5) is 1.54. The Balaban J connectivity index is 2.69. The number of aryl methyl sites for hydroxylation is 1. The lowest BCUT2D eigenvalue weighted by atomic mass is 10.7. The van der Waals surface area contributed by atoms with Gasteiger partial charge in [-0.15, -0.1) is 9.89 Å². The predicted octanol–water partition coefficient (Wildman–Crippen LogP) is -0.455. The Morgan fingerprint density at radius 2 is 2.44 bits per heavy atom.